The molecule has 1 aliphatic rings. The molecule has 1 rings (SSSR count). The van der Waals surface area contributed by atoms with Gasteiger partial charge in [-0.1, -0.05) is 20.8 Å². The Balaban J connectivity index is 2.45. The molecule has 18 heavy (non-hydrogen) atoms. The third-order valence-electron chi connectivity index (χ3n) is 4.67. The Bertz CT molecular complexity index is 288. The van der Waals surface area contributed by atoms with Crippen LogP contribution in [0.3, 0.4) is 0 Å². The molecule has 0 aromatic carbocycles. The van der Waals surface area contributed by atoms with E-state index in [1.807, 2.05) is 6.92 Å². The molecule has 0 aromatic rings. The van der Waals surface area contributed by atoms with Crippen LogP contribution in [0.2, 0.25) is 0 Å². The minimum Gasteiger partial charge on any atom is -0.350 e. The summed E-state index contributed by atoms with van der Waals surface area (Å²) in [6, 6.07) is 0.388. The van der Waals surface area contributed by atoms with Crippen LogP contribution in [-0.2, 0) is 4.79 Å². The Labute approximate surface area is 112 Å². The maximum Gasteiger partial charge on any atom is 0.237 e. The van der Waals surface area contributed by atoms with Crippen LogP contribution < -0.4 is 10.6 Å². The molecule has 2 N–H and O–H groups in total. The summed E-state index contributed by atoms with van der Waals surface area (Å²) < 4.78 is 0. The van der Waals surface area contributed by atoms with Crippen molar-refractivity contribution in [1.29, 1.82) is 0 Å². The molecular formula is C15H30N2O. The van der Waals surface area contributed by atoms with Crippen LogP contribution in [0.15, 0.2) is 0 Å². The van der Waals surface area contributed by atoms with E-state index in [1.165, 1.54) is 12.8 Å². The molecular weight excluding hydrogens is 224 g/mol. The number of nitrogens with one attached hydrogen (secondary N) is 2. The second-order valence-corrected chi connectivity index (χ2v) is 6.64. The van der Waals surface area contributed by atoms with Gasteiger partial charge in [-0.05, 0) is 51.9 Å². The van der Waals surface area contributed by atoms with Crippen molar-refractivity contribution in [3.05, 3.63) is 0 Å². The lowest BCUT2D eigenvalue weighted by atomic mass is 9.97. The number of carbonyl (C=O) groups excluding carboxylic acids is 1. The Morgan fingerprint density at radius 1 is 1.33 bits per heavy atom. The van der Waals surface area contributed by atoms with E-state index >= 15 is 0 Å². The van der Waals surface area contributed by atoms with Crippen molar-refractivity contribution in [3.8, 4) is 0 Å². The highest BCUT2D eigenvalue weighted by molar-refractivity contribution is 5.82. The maximum atomic E-state index is 12.1. The van der Waals surface area contributed by atoms with E-state index in [-0.39, 0.29) is 17.5 Å². The van der Waals surface area contributed by atoms with Gasteiger partial charge in [-0.15, -0.1) is 0 Å². The smallest absolute Gasteiger partial charge is 0.237 e. The number of carbonyl (C=O) groups is 1. The molecule has 4 unspecified atom stereocenters. The highest BCUT2D eigenvalue weighted by Crippen LogP contribution is 2.31. The summed E-state index contributed by atoms with van der Waals surface area (Å²) in [5, 5.41) is 6.60. The molecule has 106 valence electrons. The van der Waals surface area contributed by atoms with Crippen molar-refractivity contribution in [3.63, 3.8) is 0 Å². The van der Waals surface area contributed by atoms with E-state index in [0.29, 0.717) is 12.0 Å². The predicted molar refractivity (Wildman–Crippen MR) is 76.5 cm³/mol. The van der Waals surface area contributed by atoms with Gasteiger partial charge in [-0.2, -0.15) is 0 Å². The van der Waals surface area contributed by atoms with Crippen LogP contribution in [0.1, 0.15) is 60.8 Å². The molecule has 1 saturated carbocycles. The lowest BCUT2D eigenvalue weighted by molar-refractivity contribution is -0.124. The third kappa shape index (κ3) is 3.98. The van der Waals surface area contributed by atoms with Gasteiger partial charge in [0.15, 0.2) is 0 Å². The summed E-state index contributed by atoms with van der Waals surface area (Å²) in [7, 11) is 0. The quantitative estimate of drug-likeness (QED) is 0.792. The topological polar surface area (TPSA) is 41.1 Å². The third-order valence-corrected chi connectivity index (χ3v) is 4.67. The summed E-state index contributed by atoms with van der Waals surface area (Å²) in [5.74, 6) is 1.55. The van der Waals surface area contributed by atoms with Crippen molar-refractivity contribution in [2.45, 2.75) is 78.4 Å². The van der Waals surface area contributed by atoms with Gasteiger partial charge in [0.1, 0.15) is 0 Å². The number of rotatable bonds is 5. The molecule has 3 heteroatoms. The first-order chi connectivity index (χ1) is 8.26. The van der Waals surface area contributed by atoms with Gasteiger partial charge < -0.3 is 10.6 Å². The van der Waals surface area contributed by atoms with Gasteiger partial charge in [0.25, 0.3) is 0 Å². The molecule has 1 amide bonds. The summed E-state index contributed by atoms with van der Waals surface area (Å²) in [4.78, 5) is 12.1. The van der Waals surface area contributed by atoms with Crippen molar-refractivity contribution in [1.82, 2.24) is 10.6 Å². The maximum absolute atomic E-state index is 12.1. The molecule has 0 spiro atoms. The highest BCUT2D eigenvalue weighted by atomic mass is 16.2. The molecule has 4 atom stereocenters. The van der Waals surface area contributed by atoms with Crippen LogP contribution in [0.4, 0.5) is 0 Å². The first kappa shape index (κ1) is 15.5. The fourth-order valence-electron chi connectivity index (χ4n) is 2.53. The van der Waals surface area contributed by atoms with Gasteiger partial charge >= 0.3 is 0 Å². The molecule has 0 saturated heterocycles. The van der Waals surface area contributed by atoms with Gasteiger partial charge in [-0.25, -0.2) is 0 Å². The van der Waals surface area contributed by atoms with Crippen LogP contribution in [0.5, 0.6) is 0 Å². The predicted octanol–water partition coefficient (Wildman–Crippen LogP) is 2.70. The van der Waals surface area contributed by atoms with E-state index in [9.17, 15) is 4.79 Å². The molecule has 1 aliphatic carbocycles. The Morgan fingerprint density at radius 2 is 1.94 bits per heavy atom. The zero-order valence-corrected chi connectivity index (χ0v) is 12.8. The average molecular weight is 254 g/mol. The Kier molecular flexibility index (Phi) is 5.20. The SMILES string of the molecule is CCC(C)(C)NC(=O)C(C)NC1CCC(C)C1C. The van der Waals surface area contributed by atoms with Crippen LogP contribution in [-0.4, -0.2) is 23.5 Å². The second-order valence-electron chi connectivity index (χ2n) is 6.64. The number of hydrogen-bond acceptors (Lipinski definition) is 2. The standard InChI is InChI=1S/C15H30N2O/c1-7-15(5,6)17-14(18)12(4)16-13-9-8-10(2)11(13)3/h10-13,16H,7-9H2,1-6H3,(H,17,18). The molecule has 0 bridgehead atoms. The summed E-state index contributed by atoms with van der Waals surface area (Å²) >= 11 is 0. The van der Waals surface area contributed by atoms with Crippen LogP contribution >= 0.6 is 0 Å². The van der Waals surface area contributed by atoms with Crippen molar-refractivity contribution in [2.24, 2.45) is 11.8 Å². The van der Waals surface area contributed by atoms with Crippen molar-refractivity contribution >= 4 is 5.91 Å². The Hall–Kier alpha value is -0.570. The van der Waals surface area contributed by atoms with Crippen LogP contribution in [0, 0.1) is 11.8 Å². The molecule has 0 heterocycles. The summed E-state index contributed by atoms with van der Waals surface area (Å²) in [6.45, 7) is 12.8. The minimum absolute atomic E-state index is 0.103. The lowest BCUT2D eigenvalue weighted by Gasteiger charge is -2.29. The fraction of sp³-hybridized carbons (Fsp3) is 0.933. The number of amides is 1. The van der Waals surface area contributed by atoms with Crippen molar-refractivity contribution < 1.29 is 4.79 Å². The zero-order chi connectivity index (χ0) is 13.9. The monoisotopic (exact) mass is 254 g/mol. The van der Waals surface area contributed by atoms with Gasteiger partial charge in [0.05, 0.1) is 6.04 Å². The molecule has 0 radical (unpaired) electrons. The van der Waals surface area contributed by atoms with E-state index in [0.717, 1.165) is 12.3 Å². The van der Waals surface area contributed by atoms with Crippen molar-refractivity contribution in [2.75, 3.05) is 0 Å². The largest absolute Gasteiger partial charge is 0.350 e. The molecule has 0 aromatic heterocycles. The van der Waals surface area contributed by atoms with Gasteiger partial charge in [0, 0.05) is 11.6 Å². The first-order valence-corrected chi connectivity index (χ1v) is 7.35. The van der Waals surface area contributed by atoms with E-state index in [2.05, 4.69) is 45.3 Å². The number of hydrogen-bond donors (Lipinski definition) is 2. The fourth-order valence-corrected chi connectivity index (χ4v) is 2.53. The highest BCUT2D eigenvalue weighted by Gasteiger charge is 2.32. The van der Waals surface area contributed by atoms with Crippen LogP contribution in [0.25, 0.3) is 0 Å². The molecule has 0 aliphatic heterocycles. The second kappa shape index (κ2) is 6.05. The first-order valence-electron chi connectivity index (χ1n) is 7.35. The summed E-state index contributed by atoms with van der Waals surface area (Å²) in [6.07, 6.45) is 3.41. The van der Waals surface area contributed by atoms with Gasteiger partial charge in [0.2, 0.25) is 5.91 Å². The zero-order valence-electron chi connectivity index (χ0n) is 12.8. The molecule has 3 nitrogen and oxygen atoms in total. The van der Waals surface area contributed by atoms with E-state index in [1.54, 1.807) is 0 Å². The minimum atomic E-state index is -0.110. The van der Waals surface area contributed by atoms with E-state index in [4.69, 9.17) is 0 Å². The summed E-state index contributed by atoms with van der Waals surface area (Å²) in [5.41, 5.74) is -0.110. The Morgan fingerprint density at radius 3 is 2.39 bits per heavy atom. The lowest BCUT2D eigenvalue weighted by Crippen LogP contribution is -2.53. The van der Waals surface area contributed by atoms with E-state index < -0.39 is 0 Å². The molecule has 1 fully saturated rings. The van der Waals surface area contributed by atoms with Gasteiger partial charge in [-0.3, -0.25) is 4.79 Å². The average Bonchev–Trinajstić information content (AvgIpc) is 2.60. The normalized spacial score (nSPS) is 30.2.